The highest BCUT2D eigenvalue weighted by Gasteiger charge is 2.37. The molecule has 1 aromatic rings. The van der Waals surface area contributed by atoms with Crippen LogP contribution in [0, 0.1) is 0 Å². The van der Waals surface area contributed by atoms with Crippen LogP contribution >= 0.6 is 34.8 Å². The van der Waals surface area contributed by atoms with Crippen molar-refractivity contribution in [3.63, 3.8) is 0 Å². The van der Waals surface area contributed by atoms with Crippen molar-refractivity contribution in [3.8, 4) is 5.75 Å². The summed E-state index contributed by atoms with van der Waals surface area (Å²) in [6.07, 6.45) is -4.93. The number of para-hydroxylation sites is 1. The SMILES string of the molecule is O=C(c1ccccc1OC(F)(F)F)C(Cl)(Cl)Cl. The Labute approximate surface area is 109 Å². The Morgan fingerprint density at radius 2 is 1.65 bits per heavy atom. The van der Waals surface area contributed by atoms with Crippen molar-refractivity contribution < 1.29 is 22.7 Å². The number of alkyl halides is 6. The van der Waals surface area contributed by atoms with Gasteiger partial charge in [-0.1, -0.05) is 46.9 Å². The third kappa shape index (κ3) is 4.26. The van der Waals surface area contributed by atoms with Crippen LogP contribution in [0.5, 0.6) is 5.75 Å². The van der Waals surface area contributed by atoms with Gasteiger partial charge in [-0.25, -0.2) is 0 Å². The molecule has 17 heavy (non-hydrogen) atoms. The van der Waals surface area contributed by atoms with Gasteiger partial charge in [0.2, 0.25) is 5.78 Å². The van der Waals surface area contributed by atoms with Crippen LogP contribution in [-0.4, -0.2) is 15.9 Å². The Morgan fingerprint density at radius 1 is 1.12 bits per heavy atom. The fraction of sp³-hybridized carbons (Fsp3) is 0.222. The second-order valence-electron chi connectivity index (χ2n) is 2.87. The molecule has 0 aliphatic rings. The lowest BCUT2D eigenvalue weighted by Gasteiger charge is -2.15. The van der Waals surface area contributed by atoms with Gasteiger partial charge >= 0.3 is 6.36 Å². The van der Waals surface area contributed by atoms with Gasteiger partial charge in [0, 0.05) is 0 Å². The van der Waals surface area contributed by atoms with Gasteiger partial charge in [-0.3, -0.25) is 4.79 Å². The summed E-state index contributed by atoms with van der Waals surface area (Å²) in [5.74, 6) is -1.81. The number of ketones is 1. The number of carbonyl (C=O) groups is 1. The van der Waals surface area contributed by atoms with E-state index in [1.54, 1.807) is 0 Å². The summed E-state index contributed by atoms with van der Waals surface area (Å²) >= 11 is 15.9. The lowest BCUT2D eigenvalue weighted by molar-refractivity contribution is -0.274. The highest BCUT2D eigenvalue weighted by molar-refractivity contribution is 6.77. The number of rotatable bonds is 2. The van der Waals surface area contributed by atoms with E-state index in [-0.39, 0.29) is 0 Å². The summed E-state index contributed by atoms with van der Waals surface area (Å²) in [5.41, 5.74) is -0.454. The zero-order valence-electron chi connectivity index (χ0n) is 7.89. The molecule has 2 nitrogen and oxygen atoms in total. The van der Waals surface area contributed by atoms with Gasteiger partial charge in [-0.2, -0.15) is 0 Å². The van der Waals surface area contributed by atoms with Crippen molar-refractivity contribution in [2.45, 2.75) is 10.2 Å². The Morgan fingerprint density at radius 3 is 2.12 bits per heavy atom. The molecule has 0 spiro atoms. The van der Waals surface area contributed by atoms with Crippen molar-refractivity contribution in [3.05, 3.63) is 29.8 Å². The third-order valence-corrected chi connectivity index (χ3v) is 2.13. The van der Waals surface area contributed by atoms with E-state index in [0.29, 0.717) is 0 Å². The van der Waals surface area contributed by atoms with E-state index in [0.717, 1.165) is 12.1 Å². The highest BCUT2D eigenvalue weighted by Crippen LogP contribution is 2.35. The third-order valence-electron chi connectivity index (χ3n) is 1.61. The zero-order chi connectivity index (χ0) is 13.3. The summed E-state index contributed by atoms with van der Waals surface area (Å²) in [6.45, 7) is 0. The molecule has 0 aliphatic carbocycles. The number of Topliss-reactive ketones (excluding diaryl/α,β-unsaturated/α-hetero) is 1. The Hall–Kier alpha value is -0.650. The summed E-state index contributed by atoms with van der Waals surface area (Å²) in [4.78, 5) is 11.5. The van der Waals surface area contributed by atoms with Gasteiger partial charge in [-0.05, 0) is 12.1 Å². The molecule has 0 atom stereocenters. The molecule has 0 saturated carbocycles. The maximum atomic E-state index is 12.0. The quantitative estimate of drug-likeness (QED) is 0.606. The summed E-state index contributed by atoms with van der Waals surface area (Å²) in [7, 11) is 0. The molecule has 0 fully saturated rings. The van der Waals surface area contributed by atoms with E-state index >= 15 is 0 Å². The molecule has 1 rings (SSSR count). The monoisotopic (exact) mass is 306 g/mol. The normalized spacial score (nSPS) is 12.4. The van der Waals surface area contributed by atoms with E-state index in [2.05, 4.69) is 4.74 Å². The van der Waals surface area contributed by atoms with E-state index in [1.807, 2.05) is 0 Å². The molecule has 1 aromatic carbocycles. The van der Waals surface area contributed by atoms with E-state index in [9.17, 15) is 18.0 Å². The number of benzene rings is 1. The predicted molar refractivity (Wildman–Crippen MR) is 57.7 cm³/mol. The highest BCUT2D eigenvalue weighted by atomic mass is 35.6. The molecule has 94 valence electrons. The van der Waals surface area contributed by atoms with E-state index in [4.69, 9.17) is 34.8 Å². The number of carbonyl (C=O) groups excluding carboxylic acids is 1. The first kappa shape index (κ1) is 14.4. The van der Waals surface area contributed by atoms with Crippen LogP contribution in [0.25, 0.3) is 0 Å². The largest absolute Gasteiger partial charge is 0.573 e. The molecule has 0 aliphatic heterocycles. The summed E-state index contributed by atoms with van der Waals surface area (Å²) in [6, 6.07) is 4.62. The van der Waals surface area contributed by atoms with Crippen molar-refractivity contribution in [2.24, 2.45) is 0 Å². The molecule has 0 heterocycles. The van der Waals surface area contributed by atoms with Crippen LogP contribution in [0.3, 0.4) is 0 Å². The van der Waals surface area contributed by atoms with Crippen molar-refractivity contribution in [1.82, 2.24) is 0 Å². The maximum Gasteiger partial charge on any atom is 0.573 e. The number of halogens is 6. The molecule has 0 N–H and O–H groups in total. The smallest absolute Gasteiger partial charge is 0.405 e. The molecule has 0 amide bonds. The average Bonchev–Trinajstić information content (AvgIpc) is 2.13. The summed E-state index contributed by atoms with van der Waals surface area (Å²) < 4.78 is 37.5. The second kappa shape index (κ2) is 4.92. The minimum Gasteiger partial charge on any atom is -0.405 e. The average molecular weight is 307 g/mol. The van der Waals surface area contributed by atoms with Crippen LogP contribution in [0.15, 0.2) is 24.3 Å². The molecule has 0 bridgehead atoms. The molecule has 0 aromatic heterocycles. The maximum absolute atomic E-state index is 12.0. The lowest BCUT2D eigenvalue weighted by atomic mass is 10.1. The zero-order valence-corrected chi connectivity index (χ0v) is 10.2. The molecule has 0 radical (unpaired) electrons. The van der Waals surface area contributed by atoms with Crippen molar-refractivity contribution in [1.29, 1.82) is 0 Å². The van der Waals surface area contributed by atoms with Gasteiger partial charge < -0.3 is 4.74 Å². The van der Waals surface area contributed by atoms with Gasteiger partial charge in [0.25, 0.3) is 3.79 Å². The molecule has 8 heteroatoms. The van der Waals surface area contributed by atoms with Gasteiger partial charge in [0.05, 0.1) is 5.56 Å². The van der Waals surface area contributed by atoms with Gasteiger partial charge in [-0.15, -0.1) is 13.2 Å². The molecule has 0 saturated heterocycles. The Bertz CT molecular complexity index is 426. The minimum absolute atomic E-state index is 0.454. The van der Waals surface area contributed by atoms with Crippen molar-refractivity contribution >= 4 is 40.6 Å². The number of hydrogen-bond acceptors (Lipinski definition) is 2. The fourth-order valence-electron chi connectivity index (χ4n) is 1.02. The molecular formula is C9H4Cl3F3O2. The second-order valence-corrected chi connectivity index (χ2v) is 5.15. The standard InChI is InChI=1S/C9H4Cl3F3O2/c10-8(11,12)7(16)5-3-1-2-4-6(5)17-9(13,14)15/h1-4H. The number of ether oxygens (including phenoxy) is 1. The summed E-state index contributed by atoms with van der Waals surface area (Å²) in [5, 5.41) is 0. The van der Waals surface area contributed by atoms with Gasteiger partial charge in [0.15, 0.2) is 0 Å². The number of hydrogen-bond donors (Lipinski definition) is 0. The molecule has 0 unspecified atom stereocenters. The van der Waals surface area contributed by atoms with Crippen LogP contribution in [-0.2, 0) is 0 Å². The fourth-order valence-corrected chi connectivity index (χ4v) is 1.33. The van der Waals surface area contributed by atoms with Crippen LogP contribution < -0.4 is 4.74 Å². The minimum atomic E-state index is -4.93. The Kier molecular flexibility index (Phi) is 4.17. The van der Waals surface area contributed by atoms with Crippen LogP contribution in [0.4, 0.5) is 13.2 Å². The topological polar surface area (TPSA) is 26.3 Å². The van der Waals surface area contributed by atoms with Crippen LogP contribution in [0.2, 0.25) is 0 Å². The van der Waals surface area contributed by atoms with E-state index in [1.165, 1.54) is 12.1 Å². The lowest BCUT2D eigenvalue weighted by Crippen LogP contribution is -2.23. The predicted octanol–water partition coefficient (Wildman–Crippen LogP) is 4.14. The first-order valence-electron chi connectivity index (χ1n) is 4.07. The van der Waals surface area contributed by atoms with E-state index < -0.39 is 27.3 Å². The molecular weight excluding hydrogens is 303 g/mol. The Balaban J connectivity index is 3.13. The van der Waals surface area contributed by atoms with Crippen molar-refractivity contribution in [2.75, 3.05) is 0 Å². The first-order valence-corrected chi connectivity index (χ1v) is 5.21. The van der Waals surface area contributed by atoms with Gasteiger partial charge in [0.1, 0.15) is 5.75 Å². The van der Waals surface area contributed by atoms with Crippen LogP contribution in [0.1, 0.15) is 10.4 Å². The first-order chi connectivity index (χ1) is 7.61.